The molecule has 35 heavy (non-hydrogen) atoms. The van der Waals surface area contributed by atoms with Crippen molar-refractivity contribution < 1.29 is 14.3 Å². The lowest BCUT2D eigenvalue weighted by molar-refractivity contribution is -0.0856. The third kappa shape index (κ3) is 7.40. The molecule has 2 aliphatic rings. The second-order valence-corrected chi connectivity index (χ2v) is 11.2. The summed E-state index contributed by atoms with van der Waals surface area (Å²) in [7, 11) is 0. The van der Waals surface area contributed by atoms with Crippen molar-refractivity contribution >= 4 is 11.8 Å². The Kier molecular flexibility index (Phi) is 9.53. The smallest absolute Gasteiger partial charge is 0.259 e. The Bertz CT molecular complexity index is 924. The zero-order valence-corrected chi connectivity index (χ0v) is 22.4. The third-order valence-electron chi connectivity index (χ3n) is 6.91. The van der Waals surface area contributed by atoms with Gasteiger partial charge in [0.2, 0.25) is 5.43 Å². The third-order valence-corrected chi connectivity index (χ3v) is 6.91. The lowest BCUT2D eigenvalue weighted by Gasteiger charge is -2.43. The van der Waals surface area contributed by atoms with E-state index in [1.165, 1.54) is 0 Å². The lowest BCUT2D eigenvalue weighted by Crippen LogP contribution is -2.54. The van der Waals surface area contributed by atoms with Gasteiger partial charge in [0.25, 0.3) is 11.8 Å². The summed E-state index contributed by atoms with van der Waals surface area (Å²) in [6, 6.07) is 0.420. The van der Waals surface area contributed by atoms with E-state index in [1.807, 2.05) is 18.4 Å². The number of nitrogens with zero attached hydrogens (tertiary/aromatic N) is 3. The number of aryl methyl sites for hydroxylation is 1. The minimum Gasteiger partial charge on any atom is -0.373 e. The van der Waals surface area contributed by atoms with Crippen LogP contribution < -0.4 is 10.7 Å². The molecule has 1 aromatic rings. The molecule has 3 rings (SSSR count). The maximum atomic E-state index is 13.5. The minimum atomic E-state index is -0.477. The SMILES string of the molecule is CC(C)CCn1cc(C(=O)NCC(C)C)c(=O)c(C(=O)N2CCC(N3C[C@@H](C)O[C@@H](C)C3)CC2)c1. The van der Waals surface area contributed by atoms with Crippen molar-refractivity contribution in [3.63, 3.8) is 0 Å². The van der Waals surface area contributed by atoms with Gasteiger partial charge in [-0.05, 0) is 44.9 Å². The quantitative estimate of drug-likeness (QED) is 0.608. The van der Waals surface area contributed by atoms with Gasteiger partial charge in [0.1, 0.15) is 11.1 Å². The van der Waals surface area contributed by atoms with Crippen molar-refractivity contribution in [2.45, 2.75) is 85.6 Å². The molecule has 2 amide bonds. The van der Waals surface area contributed by atoms with Crippen LogP contribution in [0.15, 0.2) is 17.2 Å². The van der Waals surface area contributed by atoms with E-state index in [-0.39, 0.29) is 35.2 Å². The number of piperidine rings is 1. The summed E-state index contributed by atoms with van der Waals surface area (Å²) < 4.78 is 7.70. The first-order chi connectivity index (χ1) is 16.5. The number of nitrogens with one attached hydrogen (secondary N) is 1. The van der Waals surface area contributed by atoms with Crippen molar-refractivity contribution in [3.8, 4) is 0 Å². The number of carbonyl (C=O) groups is 2. The summed E-state index contributed by atoms with van der Waals surface area (Å²) in [4.78, 5) is 43.8. The van der Waals surface area contributed by atoms with Gasteiger partial charge in [-0.25, -0.2) is 0 Å². The van der Waals surface area contributed by atoms with E-state index in [2.05, 4.69) is 37.9 Å². The van der Waals surface area contributed by atoms with E-state index in [9.17, 15) is 14.4 Å². The highest BCUT2D eigenvalue weighted by molar-refractivity contribution is 5.99. The summed E-state index contributed by atoms with van der Waals surface area (Å²) in [5, 5.41) is 2.83. The van der Waals surface area contributed by atoms with Crippen molar-refractivity contribution in [1.82, 2.24) is 19.7 Å². The average Bonchev–Trinajstić information content (AvgIpc) is 2.80. The summed E-state index contributed by atoms with van der Waals surface area (Å²) >= 11 is 0. The van der Waals surface area contributed by atoms with Crippen LogP contribution in [-0.2, 0) is 11.3 Å². The standard InChI is InChI=1S/C27H44N4O4/c1-18(2)7-10-29-16-23(26(33)28-13-19(3)4)25(32)24(17-29)27(34)30-11-8-22(9-12-30)31-14-20(5)35-21(6)15-31/h16-22H,7-15H2,1-6H3,(H,28,33)/t20-,21+. The Morgan fingerprint density at radius 1 is 1.00 bits per heavy atom. The van der Waals surface area contributed by atoms with Crippen molar-refractivity contribution in [1.29, 1.82) is 0 Å². The predicted molar refractivity (Wildman–Crippen MR) is 138 cm³/mol. The molecule has 0 saturated carbocycles. The molecule has 196 valence electrons. The van der Waals surface area contributed by atoms with Crippen LogP contribution >= 0.6 is 0 Å². The first-order valence-electron chi connectivity index (χ1n) is 13.3. The molecule has 8 nitrogen and oxygen atoms in total. The van der Waals surface area contributed by atoms with E-state index in [1.54, 1.807) is 17.3 Å². The number of morpholine rings is 1. The van der Waals surface area contributed by atoms with Crippen LogP contribution in [0.3, 0.4) is 0 Å². The molecule has 0 bridgehead atoms. The molecule has 0 aliphatic carbocycles. The molecule has 0 radical (unpaired) electrons. The molecule has 0 aromatic carbocycles. The van der Waals surface area contributed by atoms with Crippen LogP contribution in [0.2, 0.25) is 0 Å². The Morgan fingerprint density at radius 2 is 1.60 bits per heavy atom. The number of hydrogen-bond acceptors (Lipinski definition) is 5. The Labute approximate surface area is 210 Å². The van der Waals surface area contributed by atoms with E-state index in [4.69, 9.17) is 4.74 Å². The highest BCUT2D eigenvalue weighted by Gasteiger charge is 2.32. The van der Waals surface area contributed by atoms with Crippen LogP contribution in [0, 0.1) is 11.8 Å². The lowest BCUT2D eigenvalue weighted by atomic mass is 10.00. The summed E-state index contributed by atoms with van der Waals surface area (Å²) in [5.74, 6) is 0.0574. The fraction of sp³-hybridized carbons (Fsp3) is 0.741. The predicted octanol–water partition coefficient (Wildman–Crippen LogP) is 2.99. The van der Waals surface area contributed by atoms with E-state index < -0.39 is 11.3 Å². The van der Waals surface area contributed by atoms with Gasteiger partial charge in [-0.3, -0.25) is 19.3 Å². The zero-order chi connectivity index (χ0) is 25.7. The number of hydrogen-bond donors (Lipinski definition) is 1. The first kappa shape index (κ1) is 27.4. The second kappa shape index (κ2) is 12.2. The van der Waals surface area contributed by atoms with E-state index in [0.29, 0.717) is 38.1 Å². The minimum absolute atomic E-state index is 0.0476. The molecular weight excluding hydrogens is 444 g/mol. The van der Waals surface area contributed by atoms with Gasteiger partial charge in [0.15, 0.2) is 0 Å². The van der Waals surface area contributed by atoms with Crippen LogP contribution in [0.4, 0.5) is 0 Å². The van der Waals surface area contributed by atoms with Crippen LogP contribution in [0.25, 0.3) is 0 Å². The molecule has 8 heteroatoms. The molecule has 1 N–H and O–H groups in total. The van der Waals surface area contributed by atoms with Crippen molar-refractivity contribution in [2.75, 3.05) is 32.7 Å². The molecule has 0 unspecified atom stereocenters. The first-order valence-corrected chi connectivity index (χ1v) is 13.3. The average molecular weight is 489 g/mol. The van der Waals surface area contributed by atoms with Gasteiger partial charge in [-0.15, -0.1) is 0 Å². The molecule has 2 atom stereocenters. The summed E-state index contributed by atoms with van der Waals surface area (Å²) in [6.07, 6.45) is 6.32. The Morgan fingerprint density at radius 3 is 2.17 bits per heavy atom. The number of ether oxygens (including phenoxy) is 1. The highest BCUT2D eigenvalue weighted by Crippen LogP contribution is 2.22. The topological polar surface area (TPSA) is 83.9 Å². The molecule has 3 heterocycles. The van der Waals surface area contributed by atoms with Crippen LogP contribution in [0.1, 0.15) is 81.5 Å². The largest absolute Gasteiger partial charge is 0.373 e. The van der Waals surface area contributed by atoms with E-state index >= 15 is 0 Å². The molecule has 2 fully saturated rings. The zero-order valence-electron chi connectivity index (χ0n) is 22.4. The van der Waals surface area contributed by atoms with Gasteiger partial charge in [-0.1, -0.05) is 27.7 Å². The number of amides is 2. The van der Waals surface area contributed by atoms with Gasteiger partial charge >= 0.3 is 0 Å². The number of pyridine rings is 1. The number of rotatable bonds is 8. The summed E-state index contributed by atoms with van der Waals surface area (Å²) in [5.41, 5.74) is -0.334. The monoisotopic (exact) mass is 488 g/mol. The highest BCUT2D eigenvalue weighted by atomic mass is 16.5. The molecule has 2 aliphatic heterocycles. The normalized spacial score (nSPS) is 22.1. The Hall–Kier alpha value is -2.19. The van der Waals surface area contributed by atoms with E-state index in [0.717, 1.165) is 32.4 Å². The van der Waals surface area contributed by atoms with Gasteiger partial charge in [-0.2, -0.15) is 0 Å². The fourth-order valence-electron chi connectivity index (χ4n) is 4.99. The molecular formula is C27H44N4O4. The number of aromatic nitrogens is 1. The number of carbonyl (C=O) groups excluding carboxylic acids is 2. The van der Waals surface area contributed by atoms with Gasteiger partial charge < -0.3 is 19.5 Å². The fourth-order valence-corrected chi connectivity index (χ4v) is 4.99. The molecule has 0 spiro atoms. The maximum Gasteiger partial charge on any atom is 0.259 e. The molecule has 1 aromatic heterocycles. The maximum absolute atomic E-state index is 13.5. The summed E-state index contributed by atoms with van der Waals surface area (Å²) in [6.45, 7) is 16.7. The van der Waals surface area contributed by atoms with Gasteiger partial charge in [0, 0.05) is 57.7 Å². The van der Waals surface area contributed by atoms with Crippen molar-refractivity contribution in [2.24, 2.45) is 11.8 Å². The van der Waals surface area contributed by atoms with Crippen LogP contribution in [0.5, 0.6) is 0 Å². The Balaban J connectivity index is 1.76. The molecule has 2 saturated heterocycles. The second-order valence-electron chi connectivity index (χ2n) is 11.2. The van der Waals surface area contributed by atoms with Crippen molar-refractivity contribution in [3.05, 3.63) is 33.7 Å². The number of likely N-dealkylation sites (tertiary alicyclic amines) is 1. The van der Waals surface area contributed by atoms with Gasteiger partial charge in [0.05, 0.1) is 12.2 Å². The van der Waals surface area contributed by atoms with Crippen LogP contribution in [-0.4, -0.2) is 77.2 Å².